The van der Waals surface area contributed by atoms with Gasteiger partial charge in [0.1, 0.15) is 0 Å². The number of carboxylic acids is 1. The Kier molecular flexibility index (Phi) is 4.50. The first-order valence-corrected chi connectivity index (χ1v) is 7.78. The van der Waals surface area contributed by atoms with Crippen molar-refractivity contribution in [3.63, 3.8) is 0 Å². The molecule has 3 rings (SSSR count). The summed E-state index contributed by atoms with van der Waals surface area (Å²) in [5, 5.41) is 9.02. The van der Waals surface area contributed by atoms with E-state index in [2.05, 4.69) is 15.0 Å². The van der Waals surface area contributed by atoms with Gasteiger partial charge in [0.15, 0.2) is 0 Å². The van der Waals surface area contributed by atoms with Gasteiger partial charge in [-0.1, -0.05) is 0 Å². The fourth-order valence-corrected chi connectivity index (χ4v) is 2.89. The van der Waals surface area contributed by atoms with Gasteiger partial charge >= 0.3 is 5.97 Å². The second kappa shape index (κ2) is 6.74. The minimum atomic E-state index is -1.02. The van der Waals surface area contributed by atoms with E-state index in [-0.39, 0.29) is 11.5 Å². The van der Waals surface area contributed by atoms with Crippen LogP contribution < -0.4 is 0 Å². The van der Waals surface area contributed by atoms with E-state index in [4.69, 9.17) is 5.11 Å². The second-order valence-electron chi connectivity index (χ2n) is 5.98. The Morgan fingerprint density at radius 2 is 2.08 bits per heavy atom. The normalized spacial score (nSPS) is 17.0. The lowest BCUT2D eigenvalue weighted by atomic mass is 10.0. The van der Waals surface area contributed by atoms with Crippen molar-refractivity contribution in [1.82, 2.24) is 19.9 Å². The van der Waals surface area contributed by atoms with Crippen LogP contribution in [0.15, 0.2) is 30.9 Å². The van der Waals surface area contributed by atoms with Crippen LogP contribution >= 0.6 is 0 Å². The molecule has 0 radical (unpaired) electrons. The third-order valence-electron chi connectivity index (χ3n) is 4.22. The van der Waals surface area contributed by atoms with Gasteiger partial charge in [-0.3, -0.25) is 19.7 Å². The van der Waals surface area contributed by atoms with Crippen LogP contribution in [0.3, 0.4) is 0 Å². The van der Waals surface area contributed by atoms with Crippen LogP contribution in [0.5, 0.6) is 0 Å². The lowest BCUT2D eigenvalue weighted by molar-refractivity contribution is -0.127. The second-order valence-corrected chi connectivity index (χ2v) is 5.98. The number of carbonyl (C=O) groups excluding carboxylic acids is 1. The summed E-state index contributed by atoms with van der Waals surface area (Å²) >= 11 is 0. The van der Waals surface area contributed by atoms with E-state index in [1.165, 1.54) is 12.3 Å². The highest BCUT2D eigenvalue weighted by Gasteiger charge is 2.24. The quantitative estimate of drug-likeness (QED) is 0.917. The lowest BCUT2D eigenvalue weighted by Crippen LogP contribution is -2.26. The molecule has 24 heavy (non-hydrogen) atoms. The molecule has 0 aliphatic carbocycles. The molecule has 1 saturated heterocycles. The van der Waals surface area contributed by atoms with Crippen LogP contribution in [0.1, 0.15) is 29.4 Å². The van der Waals surface area contributed by atoms with Gasteiger partial charge < -0.3 is 10.0 Å². The molecule has 0 spiro atoms. The van der Waals surface area contributed by atoms with Crippen LogP contribution in [0.2, 0.25) is 0 Å². The van der Waals surface area contributed by atoms with Gasteiger partial charge in [-0.2, -0.15) is 0 Å². The zero-order chi connectivity index (χ0) is 17.1. The number of carbonyl (C=O) groups is 2. The van der Waals surface area contributed by atoms with Crippen LogP contribution in [0, 0.1) is 5.92 Å². The smallest absolute Gasteiger partial charge is 0.337 e. The maximum absolute atomic E-state index is 11.4. The third-order valence-corrected chi connectivity index (χ3v) is 4.22. The number of carboxylic acid groups (broad SMARTS) is 1. The largest absolute Gasteiger partial charge is 0.478 e. The fourth-order valence-electron chi connectivity index (χ4n) is 2.89. The summed E-state index contributed by atoms with van der Waals surface area (Å²) in [5.74, 6) is -0.499. The predicted molar refractivity (Wildman–Crippen MR) is 86.3 cm³/mol. The van der Waals surface area contributed by atoms with E-state index >= 15 is 0 Å². The van der Waals surface area contributed by atoms with Gasteiger partial charge in [-0.15, -0.1) is 0 Å². The minimum Gasteiger partial charge on any atom is -0.478 e. The van der Waals surface area contributed by atoms with Gasteiger partial charge in [-0.05, 0) is 24.8 Å². The fraction of sp³-hybridized carbons (Fsp3) is 0.353. The molecule has 1 aliphatic heterocycles. The average molecular weight is 326 g/mol. The van der Waals surface area contributed by atoms with Crippen LogP contribution in [-0.4, -0.2) is 49.9 Å². The van der Waals surface area contributed by atoms with Crippen LogP contribution in [0.4, 0.5) is 0 Å². The highest BCUT2D eigenvalue weighted by atomic mass is 16.4. The molecule has 1 N–H and O–H groups in total. The molecule has 1 atom stereocenters. The summed E-state index contributed by atoms with van der Waals surface area (Å²) in [4.78, 5) is 36.9. The molecule has 7 nitrogen and oxygen atoms in total. The minimum absolute atomic E-state index is 0.116. The Balaban J connectivity index is 1.69. The van der Waals surface area contributed by atoms with E-state index in [1.807, 2.05) is 4.90 Å². The first-order valence-electron chi connectivity index (χ1n) is 7.78. The zero-order valence-corrected chi connectivity index (χ0v) is 13.3. The molecule has 1 aliphatic rings. The maximum atomic E-state index is 11.4. The molecule has 124 valence electrons. The van der Waals surface area contributed by atoms with E-state index in [0.717, 1.165) is 31.6 Å². The number of rotatable bonds is 4. The maximum Gasteiger partial charge on any atom is 0.337 e. The van der Waals surface area contributed by atoms with Gasteiger partial charge in [0.25, 0.3) is 0 Å². The van der Waals surface area contributed by atoms with Gasteiger partial charge in [0.05, 0.1) is 23.1 Å². The van der Waals surface area contributed by atoms with Crippen molar-refractivity contribution in [2.75, 3.05) is 13.1 Å². The van der Waals surface area contributed by atoms with Crippen molar-refractivity contribution in [2.24, 2.45) is 5.92 Å². The molecule has 1 fully saturated rings. The highest BCUT2D eigenvalue weighted by molar-refractivity contribution is 5.88. The molecule has 0 bridgehead atoms. The number of pyridine rings is 1. The number of amides is 1. The molecule has 1 amide bonds. The molecular weight excluding hydrogens is 308 g/mol. The third kappa shape index (κ3) is 3.56. The Bertz CT molecular complexity index is 761. The van der Waals surface area contributed by atoms with Gasteiger partial charge in [0.2, 0.25) is 5.91 Å². The van der Waals surface area contributed by atoms with Crippen molar-refractivity contribution in [1.29, 1.82) is 0 Å². The Morgan fingerprint density at radius 1 is 1.25 bits per heavy atom. The summed E-state index contributed by atoms with van der Waals surface area (Å²) in [5.41, 5.74) is 2.20. The number of aromatic nitrogens is 3. The Morgan fingerprint density at radius 3 is 2.71 bits per heavy atom. The van der Waals surface area contributed by atoms with E-state index in [0.29, 0.717) is 17.2 Å². The first-order chi connectivity index (χ1) is 11.5. The molecule has 0 saturated carbocycles. The van der Waals surface area contributed by atoms with Crippen LogP contribution in [0.25, 0.3) is 11.3 Å². The van der Waals surface area contributed by atoms with Gasteiger partial charge in [-0.25, -0.2) is 4.79 Å². The number of aromatic carboxylic acids is 1. The van der Waals surface area contributed by atoms with E-state index < -0.39 is 5.97 Å². The average Bonchev–Trinajstić information content (AvgIpc) is 3.04. The number of nitrogens with zero attached hydrogens (tertiary/aromatic N) is 4. The molecule has 2 aromatic heterocycles. The van der Waals surface area contributed by atoms with Crippen molar-refractivity contribution in [3.05, 3.63) is 42.1 Å². The van der Waals surface area contributed by atoms with E-state index in [1.54, 1.807) is 25.5 Å². The molecular formula is C17H18N4O3. The predicted octanol–water partition coefficient (Wildman–Crippen LogP) is 1.65. The van der Waals surface area contributed by atoms with Crippen molar-refractivity contribution >= 4 is 11.9 Å². The molecule has 0 aromatic carbocycles. The van der Waals surface area contributed by atoms with Crippen molar-refractivity contribution in [3.8, 4) is 11.3 Å². The lowest BCUT2D eigenvalue weighted by Gasteiger charge is -2.13. The van der Waals surface area contributed by atoms with Crippen molar-refractivity contribution < 1.29 is 14.7 Å². The summed E-state index contributed by atoms with van der Waals surface area (Å²) < 4.78 is 0. The molecule has 0 unspecified atom stereocenters. The number of hydrogen-bond donors (Lipinski definition) is 1. The van der Waals surface area contributed by atoms with Crippen molar-refractivity contribution in [2.45, 2.75) is 19.8 Å². The molecule has 3 heterocycles. The standard InChI is InChI=1S/C17H18N4O3/c1-11(22)21-3-2-12(10-21)4-15-8-20-16(9-19-15)13-5-14(17(23)24)7-18-6-13/h5-9,12H,2-4,10H2,1H3,(H,23,24)/t12-/m0/s1. The molecule has 2 aromatic rings. The monoisotopic (exact) mass is 326 g/mol. The summed E-state index contributed by atoms with van der Waals surface area (Å²) in [7, 11) is 0. The van der Waals surface area contributed by atoms with E-state index in [9.17, 15) is 9.59 Å². The topological polar surface area (TPSA) is 96.3 Å². The first kappa shape index (κ1) is 16.0. The summed E-state index contributed by atoms with van der Waals surface area (Å²) in [6.07, 6.45) is 7.97. The zero-order valence-electron chi connectivity index (χ0n) is 13.3. The summed E-state index contributed by atoms with van der Waals surface area (Å²) in [6.45, 7) is 3.17. The summed E-state index contributed by atoms with van der Waals surface area (Å²) in [6, 6.07) is 1.53. The molecule has 7 heteroatoms. The number of likely N-dealkylation sites (tertiary alicyclic amines) is 1. The number of hydrogen-bond acceptors (Lipinski definition) is 5. The SMILES string of the molecule is CC(=O)N1CC[C@@H](Cc2cnc(-c3cncc(C(=O)O)c3)cn2)C1. The Labute approximate surface area is 139 Å². The Hall–Kier alpha value is -2.83. The highest BCUT2D eigenvalue weighted by Crippen LogP contribution is 2.21. The van der Waals surface area contributed by atoms with Crippen LogP contribution in [-0.2, 0) is 11.2 Å². The van der Waals surface area contributed by atoms with Gasteiger partial charge in [0, 0.05) is 44.2 Å².